The average molecular weight is 485 g/mol. The van der Waals surface area contributed by atoms with Gasteiger partial charge in [0.25, 0.3) is 0 Å². The standard InChI is InChI=1S/C31H39F3O/c1-2-35-29-20-19-28(30(33)31(29)34)14-9-23-7-12-25(13-8-23)27-17-15-26(16-18-27)24-10-5-22(6-11-24)4-3-21-32/h3-6,10-11,19-20,23,25-27H,2,7-9,12-18,21H2,1H3/b4-3+. The second-order valence-corrected chi connectivity index (χ2v) is 10.4. The van der Waals surface area contributed by atoms with Crippen LogP contribution in [0.3, 0.4) is 0 Å². The van der Waals surface area contributed by atoms with Crippen molar-refractivity contribution in [2.45, 2.75) is 77.0 Å². The molecule has 2 fully saturated rings. The molecule has 0 aliphatic heterocycles. The van der Waals surface area contributed by atoms with E-state index in [2.05, 4.69) is 24.3 Å². The number of allylic oxidation sites excluding steroid dienone is 1. The SMILES string of the molecule is CCOc1ccc(CCC2CCC(C3CCC(c4ccc(/C=C/CF)cc4)CC3)CC2)c(F)c1F. The lowest BCUT2D eigenvalue weighted by Gasteiger charge is -2.38. The van der Waals surface area contributed by atoms with Gasteiger partial charge < -0.3 is 4.74 Å². The molecule has 2 saturated carbocycles. The molecule has 0 aromatic heterocycles. The van der Waals surface area contributed by atoms with Crippen LogP contribution in [0.15, 0.2) is 42.5 Å². The highest BCUT2D eigenvalue weighted by molar-refractivity contribution is 5.50. The van der Waals surface area contributed by atoms with Crippen LogP contribution in [0.4, 0.5) is 13.2 Å². The number of halogens is 3. The molecule has 0 atom stereocenters. The van der Waals surface area contributed by atoms with Crippen LogP contribution >= 0.6 is 0 Å². The lowest BCUT2D eigenvalue weighted by Crippen LogP contribution is -2.25. The van der Waals surface area contributed by atoms with E-state index in [0.717, 1.165) is 23.8 Å². The Morgan fingerprint density at radius 3 is 2.11 bits per heavy atom. The zero-order valence-corrected chi connectivity index (χ0v) is 21.0. The largest absolute Gasteiger partial charge is 0.491 e. The van der Waals surface area contributed by atoms with Crippen LogP contribution in [-0.2, 0) is 6.42 Å². The molecule has 4 heteroatoms. The van der Waals surface area contributed by atoms with Crippen molar-refractivity contribution < 1.29 is 17.9 Å². The molecule has 2 aromatic carbocycles. The summed E-state index contributed by atoms with van der Waals surface area (Å²) in [5.41, 5.74) is 2.95. The number of hydrogen-bond acceptors (Lipinski definition) is 1. The van der Waals surface area contributed by atoms with Gasteiger partial charge in [0.15, 0.2) is 11.6 Å². The molecule has 2 aromatic rings. The molecule has 0 spiro atoms. The van der Waals surface area contributed by atoms with Crippen molar-refractivity contribution in [1.29, 1.82) is 0 Å². The highest BCUT2D eigenvalue weighted by Gasteiger charge is 2.31. The highest BCUT2D eigenvalue weighted by Crippen LogP contribution is 2.44. The van der Waals surface area contributed by atoms with Crippen LogP contribution in [0, 0.1) is 29.4 Å². The van der Waals surface area contributed by atoms with Gasteiger partial charge in [-0.15, -0.1) is 0 Å². The maximum atomic E-state index is 14.4. The van der Waals surface area contributed by atoms with Crippen molar-refractivity contribution in [2.75, 3.05) is 13.3 Å². The Kier molecular flexibility index (Phi) is 9.34. The summed E-state index contributed by atoms with van der Waals surface area (Å²) in [6.45, 7) is 1.67. The first-order valence-corrected chi connectivity index (χ1v) is 13.5. The second kappa shape index (κ2) is 12.6. The number of ether oxygens (including phenoxy) is 1. The predicted octanol–water partition coefficient (Wildman–Crippen LogP) is 9.06. The maximum absolute atomic E-state index is 14.4. The Bertz CT molecular complexity index is 952. The zero-order valence-electron chi connectivity index (χ0n) is 21.0. The minimum absolute atomic E-state index is 0.00623. The highest BCUT2D eigenvalue weighted by atomic mass is 19.2. The molecule has 0 unspecified atom stereocenters. The number of rotatable bonds is 9. The molecular weight excluding hydrogens is 445 g/mol. The van der Waals surface area contributed by atoms with Gasteiger partial charge >= 0.3 is 0 Å². The summed E-state index contributed by atoms with van der Waals surface area (Å²) in [7, 11) is 0. The molecular formula is C31H39F3O. The van der Waals surface area contributed by atoms with E-state index in [0.29, 0.717) is 30.4 Å². The Hall–Kier alpha value is -2.23. The van der Waals surface area contributed by atoms with Crippen LogP contribution in [0.1, 0.15) is 87.3 Å². The molecule has 190 valence electrons. The number of alkyl halides is 1. The fourth-order valence-corrected chi connectivity index (χ4v) is 6.32. The van der Waals surface area contributed by atoms with Gasteiger partial charge in [-0.3, -0.25) is 0 Å². The molecule has 2 aliphatic rings. The summed E-state index contributed by atoms with van der Waals surface area (Å²) in [6.07, 6.45) is 15.0. The van der Waals surface area contributed by atoms with Gasteiger partial charge in [0.05, 0.1) is 6.61 Å². The predicted molar refractivity (Wildman–Crippen MR) is 137 cm³/mol. The molecule has 0 saturated heterocycles. The first-order valence-electron chi connectivity index (χ1n) is 13.5. The lowest BCUT2D eigenvalue weighted by atomic mass is 9.68. The average Bonchev–Trinajstić information content (AvgIpc) is 2.90. The van der Waals surface area contributed by atoms with Crippen molar-refractivity contribution in [3.8, 4) is 5.75 Å². The monoisotopic (exact) mass is 484 g/mol. The van der Waals surface area contributed by atoms with Crippen LogP contribution in [0.5, 0.6) is 5.75 Å². The third kappa shape index (κ3) is 6.71. The molecule has 35 heavy (non-hydrogen) atoms. The quantitative estimate of drug-likeness (QED) is 0.345. The van der Waals surface area contributed by atoms with Gasteiger partial charge in [-0.25, -0.2) is 8.78 Å². The minimum Gasteiger partial charge on any atom is -0.491 e. The molecule has 0 bridgehead atoms. The van der Waals surface area contributed by atoms with E-state index in [-0.39, 0.29) is 5.75 Å². The molecule has 2 aliphatic carbocycles. The van der Waals surface area contributed by atoms with Crippen molar-refractivity contribution in [3.63, 3.8) is 0 Å². The Morgan fingerprint density at radius 1 is 0.829 bits per heavy atom. The first-order chi connectivity index (χ1) is 17.1. The van der Waals surface area contributed by atoms with Gasteiger partial charge in [0.1, 0.15) is 6.67 Å². The van der Waals surface area contributed by atoms with Gasteiger partial charge in [-0.05, 0) is 105 Å². The summed E-state index contributed by atoms with van der Waals surface area (Å²) in [5.74, 6) is 1.32. The van der Waals surface area contributed by atoms with E-state index >= 15 is 0 Å². The van der Waals surface area contributed by atoms with Gasteiger partial charge in [0, 0.05) is 0 Å². The molecule has 4 rings (SSSR count). The van der Waals surface area contributed by atoms with Crippen molar-refractivity contribution >= 4 is 6.08 Å². The van der Waals surface area contributed by atoms with Gasteiger partial charge in [-0.2, -0.15) is 4.39 Å². The molecule has 0 heterocycles. The fourth-order valence-electron chi connectivity index (χ4n) is 6.32. The molecule has 0 N–H and O–H groups in total. The normalized spacial score (nSPS) is 25.1. The third-order valence-corrected chi connectivity index (χ3v) is 8.39. The minimum atomic E-state index is -0.853. The second-order valence-electron chi connectivity index (χ2n) is 10.4. The lowest BCUT2D eigenvalue weighted by molar-refractivity contribution is 0.157. The van der Waals surface area contributed by atoms with Crippen molar-refractivity contribution in [1.82, 2.24) is 0 Å². The molecule has 0 amide bonds. The van der Waals surface area contributed by atoms with Crippen LogP contribution in [-0.4, -0.2) is 13.3 Å². The Labute approximate surface area is 208 Å². The fraction of sp³-hybridized carbons (Fsp3) is 0.548. The Morgan fingerprint density at radius 2 is 1.49 bits per heavy atom. The molecule has 0 radical (unpaired) electrons. The first kappa shape index (κ1) is 25.9. The smallest absolute Gasteiger partial charge is 0.200 e. The maximum Gasteiger partial charge on any atom is 0.200 e. The zero-order chi connectivity index (χ0) is 24.6. The number of aryl methyl sites for hydroxylation is 1. The molecule has 1 nitrogen and oxygen atoms in total. The Balaban J connectivity index is 1.20. The van der Waals surface area contributed by atoms with Crippen molar-refractivity contribution in [3.05, 3.63) is 70.8 Å². The summed E-state index contributed by atoms with van der Waals surface area (Å²) in [5, 5.41) is 0. The number of benzene rings is 2. The third-order valence-electron chi connectivity index (χ3n) is 8.39. The summed E-state index contributed by atoms with van der Waals surface area (Å²) in [6, 6.07) is 11.9. The summed E-state index contributed by atoms with van der Waals surface area (Å²) in [4.78, 5) is 0. The summed E-state index contributed by atoms with van der Waals surface area (Å²) >= 11 is 0. The van der Waals surface area contributed by atoms with E-state index in [4.69, 9.17) is 4.74 Å². The van der Waals surface area contributed by atoms with Crippen LogP contribution in [0.2, 0.25) is 0 Å². The van der Waals surface area contributed by atoms with Gasteiger partial charge in [0.2, 0.25) is 5.82 Å². The van der Waals surface area contributed by atoms with Crippen LogP contribution in [0.25, 0.3) is 6.08 Å². The van der Waals surface area contributed by atoms with Gasteiger partial charge in [-0.1, -0.05) is 55.3 Å². The summed E-state index contributed by atoms with van der Waals surface area (Å²) < 4.78 is 46.0. The van der Waals surface area contributed by atoms with Crippen LogP contribution < -0.4 is 4.74 Å². The van der Waals surface area contributed by atoms with E-state index in [1.54, 1.807) is 25.1 Å². The van der Waals surface area contributed by atoms with E-state index in [1.807, 2.05) is 6.08 Å². The van der Waals surface area contributed by atoms with E-state index in [9.17, 15) is 13.2 Å². The van der Waals surface area contributed by atoms with Crippen molar-refractivity contribution in [2.24, 2.45) is 17.8 Å². The van der Waals surface area contributed by atoms with E-state index in [1.165, 1.54) is 56.9 Å². The number of hydrogen-bond donors (Lipinski definition) is 0. The van der Waals surface area contributed by atoms with E-state index < -0.39 is 18.3 Å². The topological polar surface area (TPSA) is 9.23 Å².